The van der Waals surface area contributed by atoms with Gasteiger partial charge in [0.2, 0.25) is 0 Å². The van der Waals surface area contributed by atoms with Crippen LogP contribution in [0.4, 0.5) is 4.39 Å². The fourth-order valence-corrected chi connectivity index (χ4v) is 3.49. The van der Waals surface area contributed by atoms with Crippen LogP contribution in [0.25, 0.3) is 0 Å². The smallest absolute Gasteiger partial charge is 0.303 e. The van der Waals surface area contributed by atoms with E-state index in [1.54, 1.807) is 12.1 Å². The van der Waals surface area contributed by atoms with Crippen LogP contribution >= 0.6 is 15.9 Å². The van der Waals surface area contributed by atoms with Crippen LogP contribution in [0.15, 0.2) is 22.7 Å². The molecule has 0 atom stereocenters. The number of carboxylic acids is 1. The maximum absolute atomic E-state index is 13.2. The maximum atomic E-state index is 13.2. The molecule has 0 aliphatic heterocycles. The normalized spacial score (nSPS) is 17.6. The van der Waals surface area contributed by atoms with E-state index >= 15 is 0 Å². The van der Waals surface area contributed by atoms with E-state index in [0.717, 1.165) is 44.1 Å². The second-order valence-electron chi connectivity index (χ2n) is 5.53. The van der Waals surface area contributed by atoms with Crippen molar-refractivity contribution in [2.24, 2.45) is 5.41 Å². The minimum absolute atomic E-state index is 0.0489. The van der Waals surface area contributed by atoms with Crippen molar-refractivity contribution in [1.29, 1.82) is 0 Å². The number of carbonyl (C=O) groups is 1. The molecule has 2 rings (SSSR count). The molecule has 1 fully saturated rings. The van der Waals surface area contributed by atoms with Crippen molar-refractivity contribution in [3.05, 3.63) is 34.1 Å². The molecular formula is C15H18BrFO2. The van der Waals surface area contributed by atoms with Gasteiger partial charge in [0.15, 0.2) is 0 Å². The Morgan fingerprint density at radius 3 is 2.63 bits per heavy atom. The van der Waals surface area contributed by atoms with Gasteiger partial charge in [0, 0.05) is 0 Å². The molecule has 2 nitrogen and oxygen atoms in total. The Bertz CT molecular complexity index is 467. The zero-order valence-electron chi connectivity index (χ0n) is 10.8. The number of benzene rings is 1. The summed E-state index contributed by atoms with van der Waals surface area (Å²) < 4.78 is 13.6. The van der Waals surface area contributed by atoms with Gasteiger partial charge in [-0.1, -0.05) is 18.9 Å². The van der Waals surface area contributed by atoms with E-state index in [2.05, 4.69) is 15.9 Å². The Morgan fingerprint density at radius 2 is 2.05 bits per heavy atom. The van der Waals surface area contributed by atoms with Crippen LogP contribution in [0.3, 0.4) is 0 Å². The van der Waals surface area contributed by atoms with Crippen LogP contribution in [0.5, 0.6) is 0 Å². The van der Waals surface area contributed by atoms with Crippen molar-refractivity contribution in [3.63, 3.8) is 0 Å². The van der Waals surface area contributed by atoms with Crippen molar-refractivity contribution >= 4 is 21.9 Å². The Kier molecular flexibility index (Phi) is 4.61. The molecule has 1 N–H and O–H groups in total. The Balaban J connectivity index is 2.02. The lowest BCUT2D eigenvalue weighted by atomic mass is 9.77. The zero-order chi connectivity index (χ0) is 13.9. The fraction of sp³-hybridized carbons (Fsp3) is 0.533. The van der Waals surface area contributed by atoms with Crippen LogP contribution in [0.2, 0.25) is 0 Å². The predicted octanol–water partition coefficient (Wildman–Crippen LogP) is 4.56. The average molecular weight is 329 g/mol. The molecule has 0 bridgehead atoms. The summed E-state index contributed by atoms with van der Waals surface area (Å²) in [5.74, 6) is -0.966. The van der Waals surface area contributed by atoms with Crippen molar-refractivity contribution in [3.8, 4) is 0 Å². The molecule has 4 heteroatoms. The molecular weight excluding hydrogens is 311 g/mol. The molecule has 0 aromatic heterocycles. The van der Waals surface area contributed by atoms with Gasteiger partial charge in [-0.15, -0.1) is 0 Å². The van der Waals surface area contributed by atoms with Crippen molar-refractivity contribution in [2.75, 3.05) is 0 Å². The molecule has 1 aliphatic rings. The highest BCUT2D eigenvalue weighted by molar-refractivity contribution is 9.10. The van der Waals surface area contributed by atoms with E-state index in [1.165, 1.54) is 6.07 Å². The first-order valence-corrected chi connectivity index (χ1v) is 7.46. The van der Waals surface area contributed by atoms with Gasteiger partial charge >= 0.3 is 5.97 Å². The summed E-state index contributed by atoms with van der Waals surface area (Å²) in [7, 11) is 0. The quantitative estimate of drug-likeness (QED) is 0.860. The van der Waals surface area contributed by atoms with Crippen molar-refractivity contribution in [1.82, 2.24) is 0 Å². The molecule has 0 spiro atoms. The largest absolute Gasteiger partial charge is 0.481 e. The first kappa shape index (κ1) is 14.5. The van der Waals surface area contributed by atoms with Crippen molar-refractivity contribution < 1.29 is 14.3 Å². The SMILES string of the molecule is O=C(O)CC1(CCc2ccc(F)c(Br)c2)CCCC1. The summed E-state index contributed by atoms with van der Waals surface area (Å²) >= 11 is 3.18. The lowest BCUT2D eigenvalue weighted by molar-refractivity contribution is -0.139. The maximum Gasteiger partial charge on any atom is 0.303 e. The molecule has 19 heavy (non-hydrogen) atoms. The molecule has 1 aromatic carbocycles. The van der Waals surface area contributed by atoms with Crippen molar-refractivity contribution in [2.45, 2.75) is 44.9 Å². The lowest BCUT2D eigenvalue weighted by Crippen LogP contribution is -2.21. The first-order valence-electron chi connectivity index (χ1n) is 6.67. The van der Waals surface area contributed by atoms with Gasteiger partial charge in [-0.2, -0.15) is 0 Å². The summed E-state index contributed by atoms with van der Waals surface area (Å²) in [6.45, 7) is 0. The highest BCUT2D eigenvalue weighted by Crippen LogP contribution is 2.44. The number of rotatable bonds is 5. The van der Waals surface area contributed by atoms with Gasteiger partial charge in [0.05, 0.1) is 10.9 Å². The van der Waals surface area contributed by atoms with Gasteiger partial charge < -0.3 is 5.11 Å². The number of aliphatic carboxylic acids is 1. The number of hydrogen-bond acceptors (Lipinski definition) is 1. The van der Waals surface area contributed by atoms with E-state index in [-0.39, 0.29) is 17.7 Å². The molecule has 0 amide bonds. The Hall–Kier alpha value is -0.900. The van der Waals surface area contributed by atoms with Gasteiger partial charge in [0.1, 0.15) is 5.82 Å². The summed E-state index contributed by atoms with van der Waals surface area (Å²) in [6, 6.07) is 5.03. The molecule has 1 aromatic rings. The second kappa shape index (κ2) is 6.04. The number of halogens is 2. The number of hydrogen-bond donors (Lipinski definition) is 1. The zero-order valence-corrected chi connectivity index (χ0v) is 12.4. The number of aryl methyl sites for hydroxylation is 1. The van der Waals surface area contributed by atoms with Gasteiger partial charge in [-0.25, -0.2) is 4.39 Å². The summed E-state index contributed by atoms with van der Waals surface area (Å²) in [5.41, 5.74) is 1.01. The standard InChI is InChI=1S/C15H18BrFO2/c16-12-9-11(3-4-13(12)17)5-8-15(10-14(18)19)6-1-2-7-15/h3-4,9H,1-2,5-8,10H2,(H,18,19). The van der Waals surface area contributed by atoms with Crippen LogP contribution in [-0.2, 0) is 11.2 Å². The second-order valence-corrected chi connectivity index (χ2v) is 6.38. The third-order valence-electron chi connectivity index (χ3n) is 4.12. The van der Waals surface area contributed by atoms with Gasteiger partial charge in [0.25, 0.3) is 0 Å². The molecule has 1 saturated carbocycles. The number of carboxylic acid groups (broad SMARTS) is 1. The summed E-state index contributed by atoms with van der Waals surface area (Å²) in [6.07, 6.45) is 6.20. The van der Waals surface area contributed by atoms with Crippen LogP contribution in [-0.4, -0.2) is 11.1 Å². The highest BCUT2D eigenvalue weighted by Gasteiger charge is 2.35. The average Bonchev–Trinajstić information content (AvgIpc) is 2.79. The van der Waals surface area contributed by atoms with Crippen LogP contribution in [0, 0.1) is 11.2 Å². The first-order chi connectivity index (χ1) is 9.01. The fourth-order valence-electron chi connectivity index (χ4n) is 3.07. The Morgan fingerprint density at radius 1 is 1.37 bits per heavy atom. The minimum atomic E-state index is -0.706. The molecule has 0 heterocycles. The van der Waals surface area contributed by atoms with E-state index in [1.807, 2.05) is 0 Å². The van der Waals surface area contributed by atoms with E-state index in [0.29, 0.717) is 4.47 Å². The topological polar surface area (TPSA) is 37.3 Å². The summed E-state index contributed by atoms with van der Waals surface area (Å²) in [4.78, 5) is 11.0. The Labute approximate surface area is 121 Å². The van der Waals surface area contributed by atoms with E-state index in [9.17, 15) is 9.18 Å². The van der Waals surface area contributed by atoms with E-state index in [4.69, 9.17) is 5.11 Å². The monoisotopic (exact) mass is 328 g/mol. The third-order valence-corrected chi connectivity index (χ3v) is 4.73. The van der Waals surface area contributed by atoms with Crippen LogP contribution in [0.1, 0.15) is 44.1 Å². The summed E-state index contributed by atoms with van der Waals surface area (Å²) in [5, 5.41) is 9.06. The van der Waals surface area contributed by atoms with Gasteiger partial charge in [-0.3, -0.25) is 4.79 Å². The lowest BCUT2D eigenvalue weighted by Gasteiger charge is -2.27. The molecule has 1 aliphatic carbocycles. The molecule has 0 unspecified atom stereocenters. The molecule has 104 valence electrons. The third kappa shape index (κ3) is 3.78. The van der Waals surface area contributed by atoms with Gasteiger partial charge in [-0.05, 0) is 64.7 Å². The minimum Gasteiger partial charge on any atom is -0.481 e. The predicted molar refractivity (Wildman–Crippen MR) is 75.6 cm³/mol. The highest BCUT2D eigenvalue weighted by atomic mass is 79.9. The van der Waals surface area contributed by atoms with Crippen LogP contribution < -0.4 is 0 Å². The molecule has 0 radical (unpaired) electrons. The van der Waals surface area contributed by atoms with E-state index < -0.39 is 5.97 Å². The molecule has 0 saturated heterocycles.